The quantitative estimate of drug-likeness (QED) is 0.240. The second-order valence-electron chi connectivity index (χ2n) is 2.44. The summed E-state index contributed by atoms with van der Waals surface area (Å²) in [7, 11) is 0. The Labute approximate surface area is 76.0 Å². The number of nitrogens with zero attached hydrogens (tertiary/aromatic N) is 1. The molecule has 68 valence electrons. The van der Waals surface area contributed by atoms with Crippen molar-refractivity contribution in [2.45, 2.75) is 6.92 Å². The van der Waals surface area contributed by atoms with Crippen LogP contribution in [0, 0.1) is 0 Å². The molecule has 13 heavy (non-hydrogen) atoms. The highest BCUT2D eigenvalue weighted by Crippen LogP contribution is 2.11. The van der Waals surface area contributed by atoms with Crippen molar-refractivity contribution in [3.8, 4) is 5.75 Å². The van der Waals surface area contributed by atoms with Gasteiger partial charge in [-0.1, -0.05) is 12.1 Å². The summed E-state index contributed by atoms with van der Waals surface area (Å²) in [4.78, 5) is 10.6. The van der Waals surface area contributed by atoms with Crippen molar-refractivity contribution < 1.29 is 9.53 Å². The van der Waals surface area contributed by atoms with Gasteiger partial charge in [-0.15, -0.1) is 0 Å². The zero-order chi connectivity index (χ0) is 9.68. The van der Waals surface area contributed by atoms with Crippen molar-refractivity contribution in [3.63, 3.8) is 0 Å². The fraction of sp³-hybridized carbons (Fsp3) is 0.111. The van der Waals surface area contributed by atoms with Crippen LogP contribution in [-0.2, 0) is 4.79 Å². The van der Waals surface area contributed by atoms with E-state index in [9.17, 15) is 4.79 Å². The molecule has 0 atom stereocenters. The molecule has 4 heteroatoms. The Hall–Kier alpha value is -1.84. The van der Waals surface area contributed by atoms with Crippen molar-refractivity contribution in [3.05, 3.63) is 29.8 Å². The number of ether oxygens (including phenoxy) is 1. The van der Waals surface area contributed by atoms with Gasteiger partial charge in [0.1, 0.15) is 5.75 Å². The van der Waals surface area contributed by atoms with Crippen LogP contribution in [0.1, 0.15) is 12.5 Å². The molecule has 0 bridgehead atoms. The molecule has 0 saturated carbocycles. The summed E-state index contributed by atoms with van der Waals surface area (Å²) in [6.07, 6.45) is 1.48. The van der Waals surface area contributed by atoms with E-state index in [-0.39, 0.29) is 5.97 Å². The predicted molar refractivity (Wildman–Crippen MR) is 49.5 cm³/mol. The number of carbonyl (C=O) groups excluding carboxylic acids is 1. The van der Waals surface area contributed by atoms with Crippen LogP contribution in [0.15, 0.2) is 29.4 Å². The molecular weight excluding hydrogens is 168 g/mol. The standard InChI is InChI=1S/C9H10N2O2/c1-7(12)13-9-4-2-3-8(5-9)6-11-10/h2-6H,10H2,1H3. The molecule has 1 rings (SSSR count). The first-order valence-electron chi connectivity index (χ1n) is 3.74. The van der Waals surface area contributed by atoms with Gasteiger partial charge in [0.15, 0.2) is 0 Å². The second-order valence-corrected chi connectivity index (χ2v) is 2.44. The van der Waals surface area contributed by atoms with Gasteiger partial charge >= 0.3 is 5.97 Å². The van der Waals surface area contributed by atoms with E-state index < -0.39 is 0 Å². The minimum atomic E-state index is -0.346. The van der Waals surface area contributed by atoms with Gasteiger partial charge in [0, 0.05) is 6.92 Å². The van der Waals surface area contributed by atoms with Crippen molar-refractivity contribution >= 4 is 12.2 Å². The fourth-order valence-corrected chi connectivity index (χ4v) is 0.910. The molecule has 0 radical (unpaired) electrons. The van der Waals surface area contributed by atoms with Gasteiger partial charge < -0.3 is 10.6 Å². The molecule has 0 unspecified atom stereocenters. The minimum absolute atomic E-state index is 0.346. The van der Waals surface area contributed by atoms with Gasteiger partial charge in [0.25, 0.3) is 0 Å². The van der Waals surface area contributed by atoms with E-state index in [1.807, 2.05) is 6.07 Å². The molecule has 0 aliphatic rings. The van der Waals surface area contributed by atoms with Crippen LogP contribution in [0.2, 0.25) is 0 Å². The first-order valence-corrected chi connectivity index (χ1v) is 3.74. The Kier molecular flexibility index (Phi) is 3.03. The highest BCUT2D eigenvalue weighted by Gasteiger charge is 1.97. The average molecular weight is 178 g/mol. The second kappa shape index (κ2) is 4.25. The van der Waals surface area contributed by atoms with Gasteiger partial charge in [-0.25, -0.2) is 0 Å². The molecule has 0 fully saturated rings. The summed E-state index contributed by atoms with van der Waals surface area (Å²) in [5, 5.41) is 3.36. The molecule has 0 aliphatic heterocycles. The Balaban J connectivity index is 2.85. The summed E-state index contributed by atoms with van der Waals surface area (Å²) in [5.41, 5.74) is 0.793. The fourth-order valence-electron chi connectivity index (χ4n) is 0.910. The smallest absolute Gasteiger partial charge is 0.308 e. The molecule has 1 aromatic carbocycles. The van der Waals surface area contributed by atoms with Crippen LogP contribution < -0.4 is 10.6 Å². The monoisotopic (exact) mass is 178 g/mol. The maximum absolute atomic E-state index is 10.6. The van der Waals surface area contributed by atoms with Crippen molar-refractivity contribution in [1.82, 2.24) is 0 Å². The SMILES string of the molecule is CC(=O)Oc1cccc(C=NN)c1. The summed E-state index contributed by atoms with van der Waals surface area (Å²) < 4.78 is 4.86. The molecule has 2 N–H and O–H groups in total. The predicted octanol–water partition coefficient (Wildman–Crippen LogP) is 0.905. The van der Waals surface area contributed by atoms with Crippen LogP contribution in [0.25, 0.3) is 0 Å². The van der Waals surface area contributed by atoms with E-state index >= 15 is 0 Å². The van der Waals surface area contributed by atoms with Crippen molar-refractivity contribution in [2.24, 2.45) is 10.9 Å². The normalized spacial score (nSPS) is 10.2. The molecular formula is C9H10N2O2. The van der Waals surface area contributed by atoms with Crippen molar-refractivity contribution in [1.29, 1.82) is 0 Å². The molecule has 0 aliphatic carbocycles. The lowest BCUT2D eigenvalue weighted by Crippen LogP contribution is -2.01. The van der Waals surface area contributed by atoms with Gasteiger partial charge in [-0.2, -0.15) is 5.10 Å². The highest BCUT2D eigenvalue weighted by molar-refractivity contribution is 5.80. The molecule has 0 heterocycles. The molecule has 0 aromatic heterocycles. The Morgan fingerprint density at radius 1 is 1.62 bits per heavy atom. The Morgan fingerprint density at radius 3 is 3.00 bits per heavy atom. The third kappa shape index (κ3) is 2.94. The average Bonchev–Trinajstić information content (AvgIpc) is 2.04. The van der Waals surface area contributed by atoms with E-state index in [1.54, 1.807) is 18.2 Å². The summed E-state index contributed by atoms with van der Waals surface area (Å²) in [5.74, 6) is 5.12. The van der Waals surface area contributed by atoms with Gasteiger partial charge in [-0.05, 0) is 17.7 Å². The number of rotatable bonds is 2. The van der Waals surface area contributed by atoms with Gasteiger partial charge in [-0.3, -0.25) is 4.79 Å². The van der Waals surface area contributed by atoms with Crippen LogP contribution in [0.3, 0.4) is 0 Å². The Bertz CT molecular complexity index is 334. The number of hydrazone groups is 1. The minimum Gasteiger partial charge on any atom is -0.427 e. The first kappa shape index (κ1) is 9.25. The topological polar surface area (TPSA) is 64.7 Å². The summed E-state index contributed by atoms with van der Waals surface area (Å²) in [6, 6.07) is 6.94. The van der Waals surface area contributed by atoms with Crippen molar-refractivity contribution in [2.75, 3.05) is 0 Å². The zero-order valence-corrected chi connectivity index (χ0v) is 7.23. The highest BCUT2D eigenvalue weighted by atomic mass is 16.5. The number of benzene rings is 1. The van der Waals surface area contributed by atoms with Crippen LogP contribution in [0.4, 0.5) is 0 Å². The summed E-state index contributed by atoms with van der Waals surface area (Å²) >= 11 is 0. The molecule has 0 amide bonds. The lowest BCUT2D eigenvalue weighted by molar-refractivity contribution is -0.131. The lowest BCUT2D eigenvalue weighted by atomic mass is 10.2. The lowest BCUT2D eigenvalue weighted by Gasteiger charge is -2.00. The first-order chi connectivity index (χ1) is 6.22. The van der Waals surface area contributed by atoms with E-state index in [0.717, 1.165) is 5.56 Å². The zero-order valence-electron chi connectivity index (χ0n) is 7.23. The van der Waals surface area contributed by atoms with Crippen LogP contribution >= 0.6 is 0 Å². The van der Waals surface area contributed by atoms with Crippen LogP contribution in [0.5, 0.6) is 5.75 Å². The molecule has 4 nitrogen and oxygen atoms in total. The number of hydrogen-bond acceptors (Lipinski definition) is 4. The molecule has 0 saturated heterocycles. The maximum Gasteiger partial charge on any atom is 0.308 e. The van der Waals surface area contributed by atoms with Gasteiger partial charge in [0.2, 0.25) is 0 Å². The Morgan fingerprint density at radius 2 is 2.38 bits per heavy atom. The van der Waals surface area contributed by atoms with E-state index in [0.29, 0.717) is 5.75 Å². The molecule has 1 aromatic rings. The number of nitrogens with two attached hydrogens (primary N) is 1. The maximum atomic E-state index is 10.6. The van der Waals surface area contributed by atoms with E-state index in [2.05, 4.69) is 5.10 Å². The largest absolute Gasteiger partial charge is 0.427 e. The number of esters is 1. The summed E-state index contributed by atoms with van der Waals surface area (Å²) in [6.45, 7) is 1.35. The number of hydrogen-bond donors (Lipinski definition) is 1. The van der Waals surface area contributed by atoms with Crippen LogP contribution in [-0.4, -0.2) is 12.2 Å². The van der Waals surface area contributed by atoms with Gasteiger partial charge in [0.05, 0.1) is 6.21 Å². The molecule has 0 spiro atoms. The van der Waals surface area contributed by atoms with E-state index in [1.165, 1.54) is 13.1 Å². The third-order valence-corrected chi connectivity index (χ3v) is 1.34. The third-order valence-electron chi connectivity index (χ3n) is 1.34. The number of carbonyl (C=O) groups is 1. The van der Waals surface area contributed by atoms with E-state index in [4.69, 9.17) is 10.6 Å².